The number of carbonyl (C=O) groups excluding carboxylic acids is 1. The van der Waals surface area contributed by atoms with Crippen LogP contribution in [0.25, 0.3) is 6.08 Å². The van der Waals surface area contributed by atoms with E-state index in [9.17, 15) is 18.4 Å². The van der Waals surface area contributed by atoms with Gasteiger partial charge in [-0.2, -0.15) is 0 Å². The van der Waals surface area contributed by atoms with Gasteiger partial charge < -0.3 is 15.6 Å². The third-order valence-electron chi connectivity index (χ3n) is 5.15. The van der Waals surface area contributed by atoms with Crippen LogP contribution in [0.2, 0.25) is 0 Å². The second-order valence-electron chi connectivity index (χ2n) is 7.19. The number of amides is 1. The van der Waals surface area contributed by atoms with Gasteiger partial charge >= 0.3 is 0 Å². The molecule has 0 saturated heterocycles. The molecule has 2 aromatic rings. The predicted molar refractivity (Wildman–Crippen MR) is 108 cm³/mol. The van der Waals surface area contributed by atoms with Crippen LogP contribution in [0.3, 0.4) is 0 Å². The maximum atomic E-state index is 14.1. The highest BCUT2D eigenvalue weighted by atomic mass is 19.1. The third-order valence-corrected chi connectivity index (χ3v) is 5.15. The van der Waals surface area contributed by atoms with Gasteiger partial charge in [0.1, 0.15) is 11.6 Å². The van der Waals surface area contributed by atoms with Crippen molar-refractivity contribution in [2.75, 3.05) is 0 Å². The summed E-state index contributed by atoms with van der Waals surface area (Å²) in [7, 11) is 0. The smallest absolute Gasteiger partial charge is 0.252 e. The maximum absolute atomic E-state index is 14.1. The van der Waals surface area contributed by atoms with Gasteiger partial charge in [-0.15, -0.1) is 0 Å². The Morgan fingerprint density at radius 1 is 1.32 bits per heavy atom. The molecule has 1 aromatic heterocycles. The first-order valence-electron chi connectivity index (χ1n) is 9.12. The second-order valence-corrected chi connectivity index (χ2v) is 7.19. The van der Waals surface area contributed by atoms with E-state index < -0.39 is 23.6 Å². The fourth-order valence-electron chi connectivity index (χ4n) is 3.85. The van der Waals surface area contributed by atoms with Crippen LogP contribution in [0.15, 0.2) is 23.1 Å². The monoisotopic (exact) mass is 391 g/mol. The van der Waals surface area contributed by atoms with Crippen LogP contribution < -0.4 is 16.2 Å². The van der Waals surface area contributed by atoms with Crippen molar-refractivity contribution in [3.8, 4) is 0 Å². The highest BCUT2D eigenvalue weighted by Crippen LogP contribution is 2.26. The lowest BCUT2D eigenvalue weighted by Gasteiger charge is -2.23. The molecule has 1 aliphatic heterocycles. The number of rotatable bonds is 4. The molecule has 3 N–H and O–H groups in total. The molecule has 0 spiro atoms. The van der Waals surface area contributed by atoms with Crippen molar-refractivity contribution < 1.29 is 16.4 Å². The van der Waals surface area contributed by atoms with Crippen LogP contribution in [0.1, 0.15) is 62.3 Å². The zero-order chi connectivity index (χ0) is 20.6. The van der Waals surface area contributed by atoms with E-state index in [1.54, 1.807) is 26.1 Å². The van der Waals surface area contributed by atoms with Crippen LogP contribution in [0.4, 0.5) is 8.78 Å². The largest absolute Gasteiger partial charge is 0.384 e. The highest BCUT2D eigenvalue weighted by molar-refractivity contribution is 5.79. The summed E-state index contributed by atoms with van der Waals surface area (Å²) in [4.78, 5) is 27.8. The minimum atomic E-state index is -0.709. The van der Waals surface area contributed by atoms with Crippen LogP contribution in [-0.2, 0) is 11.2 Å². The number of H-pyrrole nitrogens is 1. The molecule has 1 aliphatic rings. The minimum Gasteiger partial charge on any atom is -0.384 e. The van der Waals surface area contributed by atoms with Crippen molar-refractivity contribution >= 4 is 12.0 Å². The second kappa shape index (κ2) is 7.58. The van der Waals surface area contributed by atoms with Gasteiger partial charge in [0.2, 0.25) is 5.91 Å². The molecule has 1 amide bonds. The Balaban J connectivity index is 0.00000225. The molecule has 0 radical (unpaired) electrons. The van der Waals surface area contributed by atoms with E-state index in [-0.39, 0.29) is 26.4 Å². The molecular formula is C21H27F2N3O2. The lowest BCUT2D eigenvalue weighted by atomic mass is 9.93. The summed E-state index contributed by atoms with van der Waals surface area (Å²) in [6.45, 7) is 7.01. The predicted octanol–water partition coefficient (Wildman–Crippen LogP) is 3.82. The van der Waals surface area contributed by atoms with Gasteiger partial charge in [0.15, 0.2) is 0 Å². The van der Waals surface area contributed by atoms with E-state index in [1.165, 1.54) is 6.07 Å². The summed E-state index contributed by atoms with van der Waals surface area (Å²) in [6.07, 6.45) is 3.43. The molecule has 2 heterocycles. The molecule has 28 heavy (non-hydrogen) atoms. The molecule has 7 heteroatoms. The Hall–Kier alpha value is -2.96. The molecule has 1 unspecified atom stereocenters. The number of aromatic nitrogens is 1. The van der Waals surface area contributed by atoms with Gasteiger partial charge in [-0.3, -0.25) is 9.59 Å². The normalized spacial score (nSPS) is 16.3. The molecule has 0 bridgehead atoms. The van der Waals surface area contributed by atoms with E-state index in [1.807, 2.05) is 13.8 Å². The zero-order valence-corrected chi connectivity index (χ0v) is 16.2. The average Bonchev–Trinajstić information content (AvgIpc) is 2.57. The first-order valence-corrected chi connectivity index (χ1v) is 9.12. The van der Waals surface area contributed by atoms with Crippen molar-refractivity contribution in [2.45, 2.75) is 46.2 Å². The van der Waals surface area contributed by atoms with Crippen molar-refractivity contribution in [1.82, 2.24) is 15.6 Å². The molecule has 3 rings (SSSR count). The number of nitrogens with one attached hydrogen (secondary N) is 3. The van der Waals surface area contributed by atoms with E-state index >= 15 is 0 Å². The van der Waals surface area contributed by atoms with Crippen molar-refractivity contribution in [3.63, 3.8) is 0 Å². The van der Waals surface area contributed by atoms with Crippen molar-refractivity contribution in [1.29, 1.82) is 0 Å². The van der Waals surface area contributed by atoms with Gasteiger partial charge in [0, 0.05) is 31.3 Å². The molecular weight excluding hydrogens is 364 g/mol. The summed E-state index contributed by atoms with van der Waals surface area (Å²) in [6, 6.07) is 1.37. The Bertz CT molecular complexity index is 1010. The topological polar surface area (TPSA) is 74.0 Å². The van der Waals surface area contributed by atoms with Crippen LogP contribution in [0.5, 0.6) is 0 Å². The SMILES string of the molecule is Cc1cc(F)cc(F)c1[C@H](C)NC(=O)Cc1c(C)c2c([nH]c1=O)C=CNC2C.[HH].[HH]. The van der Waals surface area contributed by atoms with Crippen molar-refractivity contribution in [3.05, 3.63) is 73.8 Å². The maximum Gasteiger partial charge on any atom is 0.252 e. The quantitative estimate of drug-likeness (QED) is 0.742. The first-order chi connectivity index (χ1) is 13.2. The van der Waals surface area contributed by atoms with Crippen LogP contribution >= 0.6 is 0 Å². The van der Waals surface area contributed by atoms with E-state index in [2.05, 4.69) is 15.6 Å². The number of pyridine rings is 1. The fraction of sp³-hybridized carbons (Fsp3) is 0.333. The van der Waals surface area contributed by atoms with Crippen molar-refractivity contribution in [2.24, 2.45) is 0 Å². The summed E-state index contributed by atoms with van der Waals surface area (Å²) >= 11 is 0. The number of carbonyl (C=O) groups is 1. The fourth-order valence-corrected chi connectivity index (χ4v) is 3.85. The standard InChI is InChI=1S/C21H23F2N3O2.2H2/c1-10-7-14(22)8-16(23)19(10)13(4)25-18(27)9-15-11(2)20-12(3)24-6-5-17(20)26-21(15)28;;/h5-8,12-13,24H,9H2,1-4H3,(H,25,27)(H,26,28);2*1H/t12?,13-;;/m0../s1. The molecule has 152 valence electrons. The molecule has 0 fully saturated rings. The number of benzene rings is 1. The Morgan fingerprint density at radius 2 is 2.04 bits per heavy atom. The lowest BCUT2D eigenvalue weighted by molar-refractivity contribution is -0.121. The molecule has 5 nitrogen and oxygen atoms in total. The lowest BCUT2D eigenvalue weighted by Crippen LogP contribution is -2.33. The summed E-state index contributed by atoms with van der Waals surface area (Å²) in [5, 5.41) is 5.88. The van der Waals surface area contributed by atoms with E-state index in [0.29, 0.717) is 11.1 Å². The number of aryl methyl sites for hydroxylation is 1. The van der Waals surface area contributed by atoms with E-state index in [0.717, 1.165) is 22.9 Å². The van der Waals surface area contributed by atoms with Crippen LogP contribution in [0, 0.1) is 25.5 Å². The summed E-state index contributed by atoms with van der Waals surface area (Å²) in [5.74, 6) is -1.78. The average molecular weight is 391 g/mol. The van der Waals surface area contributed by atoms with Gasteiger partial charge in [-0.1, -0.05) is 0 Å². The summed E-state index contributed by atoms with van der Waals surface area (Å²) in [5.41, 5.74) is 3.14. The van der Waals surface area contributed by atoms with E-state index in [4.69, 9.17) is 0 Å². The Morgan fingerprint density at radius 3 is 2.71 bits per heavy atom. The number of aromatic amines is 1. The number of hydrogen-bond donors (Lipinski definition) is 3. The van der Waals surface area contributed by atoms with Crippen LogP contribution in [-0.4, -0.2) is 10.9 Å². The minimum absolute atomic E-state index is 0. The number of halogens is 2. The molecule has 0 aliphatic carbocycles. The first kappa shape index (κ1) is 19.8. The third kappa shape index (κ3) is 3.69. The van der Waals surface area contributed by atoms with Gasteiger partial charge in [-0.05, 0) is 57.2 Å². The Labute approximate surface area is 164 Å². The number of hydrogen-bond acceptors (Lipinski definition) is 3. The highest BCUT2D eigenvalue weighted by Gasteiger charge is 2.22. The molecule has 2 atom stereocenters. The molecule has 0 saturated carbocycles. The summed E-state index contributed by atoms with van der Waals surface area (Å²) < 4.78 is 27.4. The molecule has 1 aromatic carbocycles. The van der Waals surface area contributed by atoms with Gasteiger partial charge in [-0.25, -0.2) is 8.78 Å². The van der Waals surface area contributed by atoms with Gasteiger partial charge in [0.25, 0.3) is 5.56 Å². The Kier molecular flexibility index (Phi) is 5.36. The van der Waals surface area contributed by atoms with Gasteiger partial charge in [0.05, 0.1) is 18.5 Å². The zero-order valence-electron chi connectivity index (χ0n) is 16.2. The number of fused-ring (bicyclic) bond motifs is 1.